The Labute approximate surface area is 218 Å². The molecule has 12 heteroatoms. The molecule has 5 rings (SSSR count). The molecule has 2 atom stereocenters. The van der Waals surface area contributed by atoms with E-state index in [0.717, 1.165) is 19.0 Å². The summed E-state index contributed by atoms with van der Waals surface area (Å²) in [6.07, 6.45) is -0.317. The lowest BCUT2D eigenvalue weighted by Crippen LogP contribution is -2.55. The molecule has 0 aliphatic carbocycles. The number of fused-ring (bicyclic) bond motifs is 1. The predicted octanol–water partition coefficient (Wildman–Crippen LogP) is 4.18. The topological polar surface area (TPSA) is 122 Å². The third-order valence-electron chi connectivity index (χ3n) is 7.04. The van der Waals surface area contributed by atoms with Crippen molar-refractivity contribution >= 4 is 28.6 Å². The standard InChI is InChI=1S/C26H31F3N8O/c1-24(2)8-7-15(10-34-24)35-22-32-12-18(26(27,28)29)20(36-22)17-11-31-21-16(17)6-5-14(9-30)19(21)37-23-33-13-25(3,4)38-23/h5-6,11-12,15,20,31,34H,7-8,10,13H2,1-4H3,(H,33,37)(H2,32,35,36)/t15-,20?/m0/s1. The molecule has 5 N–H and O–H groups in total. The van der Waals surface area contributed by atoms with Crippen molar-refractivity contribution in [2.75, 3.05) is 18.4 Å². The van der Waals surface area contributed by atoms with E-state index in [-0.39, 0.29) is 23.6 Å². The number of aliphatic imine (C=N–C) groups is 2. The third-order valence-corrected chi connectivity index (χ3v) is 7.04. The summed E-state index contributed by atoms with van der Waals surface area (Å²) in [5.74, 6) is 0.284. The lowest BCUT2D eigenvalue weighted by Gasteiger charge is -2.37. The number of anilines is 1. The lowest BCUT2D eigenvalue weighted by atomic mass is 9.91. The van der Waals surface area contributed by atoms with E-state index in [9.17, 15) is 18.4 Å². The molecule has 1 aromatic carbocycles. The van der Waals surface area contributed by atoms with Gasteiger partial charge in [-0.05, 0) is 46.6 Å². The molecule has 2 aromatic rings. The molecule has 4 heterocycles. The first kappa shape index (κ1) is 25.9. The smallest absolute Gasteiger partial charge is 0.416 e. The van der Waals surface area contributed by atoms with Crippen molar-refractivity contribution in [2.24, 2.45) is 9.98 Å². The first-order valence-corrected chi connectivity index (χ1v) is 12.5. The van der Waals surface area contributed by atoms with Crippen LogP contribution in [0.1, 0.15) is 57.7 Å². The molecule has 1 fully saturated rings. The zero-order valence-corrected chi connectivity index (χ0v) is 21.7. The van der Waals surface area contributed by atoms with Gasteiger partial charge in [-0.25, -0.2) is 9.98 Å². The first-order valence-electron chi connectivity index (χ1n) is 12.5. The molecule has 1 aromatic heterocycles. The molecule has 0 bridgehead atoms. The van der Waals surface area contributed by atoms with Crippen molar-refractivity contribution in [3.63, 3.8) is 0 Å². The Hall–Kier alpha value is -3.72. The molecule has 38 heavy (non-hydrogen) atoms. The number of nitriles is 1. The van der Waals surface area contributed by atoms with Crippen molar-refractivity contribution in [2.45, 2.75) is 69.9 Å². The predicted molar refractivity (Wildman–Crippen MR) is 140 cm³/mol. The number of ether oxygens (including phenoxy) is 1. The molecule has 1 unspecified atom stereocenters. The van der Waals surface area contributed by atoms with Crippen LogP contribution in [-0.2, 0) is 4.74 Å². The normalized spacial score (nSPS) is 24.4. The van der Waals surface area contributed by atoms with Gasteiger partial charge in [0.15, 0.2) is 5.96 Å². The van der Waals surface area contributed by atoms with Crippen LogP contribution in [0.25, 0.3) is 10.9 Å². The number of piperidine rings is 1. The highest BCUT2D eigenvalue weighted by molar-refractivity contribution is 6.04. The number of H-pyrrole nitrogens is 1. The molecule has 0 amide bonds. The Morgan fingerprint density at radius 3 is 2.63 bits per heavy atom. The number of aromatic amines is 1. The van der Waals surface area contributed by atoms with E-state index >= 15 is 0 Å². The SMILES string of the molecule is CC1(C)CC[C@H](NC2=NC(c3c[nH]c4c(NC5=NCC(C)(C)O5)c(C#N)ccc34)C(C(F)(F)F)=CN2)CN1. The van der Waals surface area contributed by atoms with Crippen LogP contribution < -0.4 is 21.3 Å². The summed E-state index contributed by atoms with van der Waals surface area (Å²) in [6, 6.07) is 4.31. The third kappa shape index (κ3) is 5.15. The maximum atomic E-state index is 14.1. The molecule has 0 radical (unpaired) electrons. The number of halogens is 3. The van der Waals surface area contributed by atoms with Crippen LogP contribution in [0, 0.1) is 11.3 Å². The minimum absolute atomic E-state index is 0.0226. The van der Waals surface area contributed by atoms with E-state index in [1.54, 1.807) is 12.1 Å². The number of alkyl halides is 3. The maximum absolute atomic E-state index is 14.1. The number of amidine groups is 1. The van der Waals surface area contributed by atoms with Gasteiger partial charge in [0.05, 0.1) is 28.9 Å². The largest absolute Gasteiger partial charge is 0.457 e. The van der Waals surface area contributed by atoms with E-state index in [4.69, 9.17) is 4.74 Å². The van der Waals surface area contributed by atoms with E-state index in [1.165, 1.54) is 6.20 Å². The number of hydrogen-bond acceptors (Lipinski definition) is 8. The van der Waals surface area contributed by atoms with Gasteiger partial charge in [0.2, 0.25) is 0 Å². The second-order valence-corrected chi connectivity index (χ2v) is 11.1. The maximum Gasteiger partial charge on any atom is 0.416 e. The monoisotopic (exact) mass is 528 g/mol. The van der Waals surface area contributed by atoms with E-state index in [1.807, 2.05) is 13.8 Å². The highest BCUT2D eigenvalue weighted by Gasteiger charge is 2.42. The van der Waals surface area contributed by atoms with Gasteiger partial charge in [0, 0.05) is 41.5 Å². The number of aromatic nitrogens is 1. The summed E-state index contributed by atoms with van der Waals surface area (Å²) in [6.45, 7) is 9.14. The lowest BCUT2D eigenvalue weighted by molar-refractivity contribution is -0.0962. The number of nitrogens with one attached hydrogen (secondary N) is 5. The van der Waals surface area contributed by atoms with Crippen molar-refractivity contribution < 1.29 is 17.9 Å². The Bertz CT molecular complexity index is 1370. The van der Waals surface area contributed by atoms with Crippen LogP contribution in [0.3, 0.4) is 0 Å². The summed E-state index contributed by atoms with van der Waals surface area (Å²) in [4.78, 5) is 11.9. The molecule has 3 aliphatic heterocycles. The fraction of sp³-hybridized carbons (Fsp3) is 0.500. The molecule has 0 saturated carbocycles. The minimum atomic E-state index is -4.60. The minimum Gasteiger partial charge on any atom is -0.457 e. The summed E-state index contributed by atoms with van der Waals surface area (Å²) >= 11 is 0. The van der Waals surface area contributed by atoms with Gasteiger partial charge >= 0.3 is 6.18 Å². The second kappa shape index (κ2) is 9.23. The zero-order chi connectivity index (χ0) is 27.3. The Morgan fingerprint density at radius 1 is 1.21 bits per heavy atom. The quantitative estimate of drug-likeness (QED) is 0.408. The van der Waals surface area contributed by atoms with Crippen molar-refractivity contribution in [1.82, 2.24) is 20.9 Å². The number of hydrogen-bond donors (Lipinski definition) is 5. The first-order chi connectivity index (χ1) is 17.9. The van der Waals surface area contributed by atoms with Gasteiger partial charge < -0.3 is 31.0 Å². The highest BCUT2D eigenvalue weighted by Crippen LogP contribution is 2.42. The van der Waals surface area contributed by atoms with Gasteiger partial charge in [-0.15, -0.1) is 0 Å². The summed E-state index contributed by atoms with van der Waals surface area (Å²) < 4.78 is 48.1. The van der Waals surface area contributed by atoms with Crippen LogP contribution >= 0.6 is 0 Å². The Kier molecular flexibility index (Phi) is 6.30. The zero-order valence-electron chi connectivity index (χ0n) is 21.7. The molecular formula is C26H31F3N8O. The number of benzene rings is 1. The molecular weight excluding hydrogens is 497 g/mol. The van der Waals surface area contributed by atoms with E-state index in [0.29, 0.717) is 40.8 Å². The summed E-state index contributed by atoms with van der Waals surface area (Å²) in [7, 11) is 0. The summed E-state index contributed by atoms with van der Waals surface area (Å²) in [5.41, 5.74) is 0.223. The van der Waals surface area contributed by atoms with Gasteiger partial charge in [0.1, 0.15) is 17.7 Å². The van der Waals surface area contributed by atoms with E-state index < -0.39 is 23.4 Å². The van der Waals surface area contributed by atoms with Crippen LogP contribution in [0.4, 0.5) is 18.9 Å². The van der Waals surface area contributed by atoms with Gasteiger partial charge in [-0.3, -0.25) is 0 Å². The summed E-state index contributed by atoms with van der Waals surface area (Å²) in [5, 5.41) is 22.7. The molecule has 9 nitrogen and oxygen atoms in total. The molecule has 202 valence electrons. The second-order valence-electron chi connectivity index (χ2n) is 11.1. The average Bonchev–Trinajstić information content (AvgIpc) is 3.42. The van der Waals surface area contributed by atoms with Crippen LogP contribution in [-0.4, -0.2) is 53.4 Å². The number of rotatable bonds is 3. The number of guanidine groups is 1. The molecule has 3 aliphatic rings. The van der Waals surface area contributed by atoms with Crippen molar-refractivity contribution in [1.29, 1.82) is 5.26 Å². The Morgan fingerprint density at radius 2 is 2.00 bits per heavy atom. The fourth-order valence-electron chi connectivity index (χ4n) is 4.89. The van der Waals surface area contributed by atoms with Gasteiger partial charge in [0.25, 0.3) is 6.02 Å². The molecule has 1 saturated heterocycles. The van der Waals surface area contributed by atoms with Crippen molar-refractivity contribution in [3.05, 3.63) is 41.2 Å². The van der Waals surface area contributed by atoms with Crippen LogP contribution in [0.5, 0.6) is 0 Å². The van der Waals surface area contributed by atoms with Gasteiger partial charge in [-0.2, -0.15) is 18.4 Å². The highest BCUT2D eigenvalue weighted by atomic mass is 19.4. The molecule has 0 spiro atoms. The van der Waals surface area contributed by atoms with Gasteiger partial charge in [-0.1, -0.05) is 6.07 Å². The van der Waals surface area contributed by atoms with E-state index in [2.05, 4.69) is 56.2 Å². The fourth-order valence-corrected chi connectivity index (χ4v) is 4.89. The average molecular weight is 529 g/mol. The van der Waals surface area contributed by atoms with Crippen LogP contribution in [0.15, 0.2) is 40.1 Å². The Balaban J connectivity index is 1.49. The van der Waals surface area contributed by atoms with Crippen LogP contribution in [0.2, 0.25) is 0 Å². The number of nitrogens with zero attached hydrogens (tertiary/aromatic N) is 3. The van der Waals surface area contributed by atoms with Crippen molar-refractivity contribution in [3.8, 4) is 6.07 Å².